The molecule has 0 saturated heterocycles. The Labute approximate surface area is 130 Å². The van der Waals surface area contributed by atoms with E-state index in [2.05, 4.69) is 45.3 Å². The molecule has 1 aromatic carbocycles. The number of fused-ring (bicyclic) bond motifs is 1. The lowest BCUT2D eigenvalue weighted by molar-refractivity contribution is 0.718. The molecule has 21 heavy (non-hydrogen) atoms. The number of benzene rings is 1. The standard InChI is InChI=1S/C16H19ClN4/c1-3-14-9-15(20-16(18-2)19-14)21-7-6-11-8-13(17)5-4-12(11)10-21/h4-5,8-9H,3,6-7,10H2,1-2H3,(H,18,19,20). The summed E-state index contributed by atoms with van der Waals surface area (Å²) in [5.41, 5.74) is 3.73. The molecule has 5 heteroatoms. The van der Waals surface area contributed by atoms with Crippen LogP contribution in [0.25, 0.3) is 0 Å². The zero-order valence-corrected chi connectivity index (χ0v) is 13.1. The third-order valence-electron chi connectivity index (χ3n) is 3.86. The molecule has 2 heterocycles. The maximum absolute atomic E-state index is 6.07. The van der Waals surface area contributed by atoms with Crippen molar-refractivity contribution in [1.82, 2.24) is 9.97 Å². The van der Waals surface area contributed by atoms with Crippen LogP contribution in [0.1, 0.15) is 23.7 Å². The van der Waals surface area contributed by atoms with E-state index in [-0.39, 0.29) is 0 Å². The number of anilines is 2. The Balaban J connectivity index is 1.90. The predicted molar refractivity (Wildman–Crippen MR) is 87.2 cm³/mol. The molecule has 0 aliphatic carbocycles. The number of nitrogens with one attached hydrogen (secondary N) is 1. The summed E-state index contributed by atoms with van der Waals surface area (Å²) in [7, 11) is 1.85. The topological polar surface area (TPSA) is 41.1 Å². The molecule has 110 valence electrons. The van der Waals surface area contributed by atoms with Crippen molar-refractivity contribution in [2.24, 2.45) is 0 Å². The first-order valence-corrected chi connectivity index (χ1v) is 7.65. The SMILES string of the molecule is CCc1cc(N2CCc3cc(Cl)ccc3C2)nc(NC)n1. The smallest absolute Gasteiger partial charge is 0.224 e. The molecular formula is C16H19ClN4. The minimum Gasteiger partial charge on any atom is -0.357 e. The van der Waals surface area contributed by atoms with E-state index in [1.165, 1.54) is 11.1 Å². The molecule has 0 atom stereocenters. The van der Waals surface area contributed by atoms with Crippen LogP contribution in [0.5, 0.6) is 0 Å². The molecule has 0 unspecified atom stereocenters. The van der Waals surface area contributed by atoms with Gasteiger partial charge in [-0.1, -0.05) is 24.6 Å². The van der Waals surface area contributed by atoms with Gasteiger partial charge in [-0.2, -0.15) is 4.98 Å². The Hall–Kier alpha value is -1.81. The Morgan fingerprint density at radius 3 is 2.86 bits per heavy atom. The van der Waals surface area contributed by atoms with Crippen molar-refractivity contribution in [2.75, 3.05) is 23.8 Å². The number of hydrogen-bond donors (Lipinski definition) is 1. The van der Waals surface area contributed by atoms with E-state index in [4.69, 9.17) is 11.6 Å². The van der Waals surface area contributed by atoms with Gasteiger partial charge in [0, 0.05) is 36.9 Å². The molecule has 0 radical (unpaired) electrons. The van der Waals surface area contributed by atoms with Gasteiger partial charge < -0.3 is 10.2 Å². The van der Waals surface area contributed by atoms with Crippen LogP contribution in [0.3, 0.4) is 0 Å². The van der Waals surface area contributed by atoms with Crippen LogP contribution < -0.4 is 10.2 Å². The maximum Gasteiger partial charge on any atom is 0.224 e. The highest BCUT2D eigenvalue weighted by Crippen LogP contribution is 2.26. The summed E-state index contributed by atoms with van der Waals surface area (Å²) in [5, 5.41) is 3.86. The minimum atomic E-state index is 0.686. The number of rotatable bonds is 3. The first kappa shape index (κ1) is 14.1. The first-order chi connectivity index (χ1) is 10.2. The van der Waals surface area contributed by atoms with E-state index < -0.39 is 0 Å². The van der Waals surface area contributed by atoms with E-state index in [0.29, 0.717) is 5.95 Å². The monoisotopic (exact) mass is 302 g/mol. The zero-order valence-electron chi connectivity index (χ0n) is 12.4. The van der Waals surface area contributed by atoms with Gasteiger partial charge in [-0.3, -0.25) is 0 Å². The van der Waals surface area contributed by atoms with Crippen molar-refractivity contribution in [2.45, 2.75) is 26.3 Å². The summed E-state index contributed by atoms with van der Waals surface area (Å²) in [4.78, 5) is 11.3. The van der Waals surface area contributed by atoms with Crippen molar-refractivity contribution in [3.05, 3.63) is 46.1 Å². The van der Waals surface area contributed by atoms with E-state index in [1.807, 2.05) is 13.1 Å². The lowest BCUT2D eigenvalue weighted by Crippen LogP contribution is -2.31. The molecule has 3 rings (SSSR count). The molecule has 2 aromatic rings. The number of nitrogens with zero attached hydrogens (tertiary/aromatic N) is 3. The van der Waals surface area contributed by atoms with Crippen LogP contribution in [0, 0.1) is 0 Å². The second kappa shape index (κ2) is 5.90. The van der Waals surface area contributed by atoms with Gasteiger partial charge in [-0.15, -0.1) is 0 Å². The number of aromatic nitrogens is 2. The second-order valence-corrected chi connectivity index (χ2v) is 5.67. The van der Waals surface area contributed by atoms with E-state index in [9.17, 15) is 0 Å². The summed E-state index contributed by atoms with van der Waals surface area (Å²) >= 11 is 6.07. The summed E-state index contributed by atoms with van der Waals surface area (Å²) in [6, 6.07) is 8.23. The number of halogens is 1. The van der Waals surface area contributed by atoms with E-state index in [1.54, 1.807) is 0 Å². The fourth-order valence-corrected chi connectivity index (χ4v) is 2.85. The van der Waals surface area contributed by atoms with Gasteiger partial charge in [0.25, 0.3) is 0 Å². The Bertz CT molecular complexity index is 634. The number of hydrogen-bond acceptors (Lipinski definition) is 4. The van der Waals surface area contributed by atoms with Crippen molar-refractivity contribution < 1.29 is 0 Å². The molecule has 0 amide bonds. The molecule has 1 N–H and O–H groups in total. The summed E-state index contributed by atoms with van der Waals surface area (Å²) in [6.45, 7) is 3.94. The summed E-state index contributed by atoms with van der Waals surface area (Å²) in [6.07, 6.45) is 1.90. The van der Waals surface area contributed by atoms with Crippen molar-refractivity contribution in [3.63, 3.8) is 0 Å². The Morgan fingerprint density at radius 1 is 1.24 bits per heavy atom. The van der Waals surface area contributed by atoms with Crippen LogP contribution in [0.15, 0.2) is 24.3 Å². The van der Waals surface area contributed by atoms with Crippen LogP contribution in [0.4, 0.5) is 11.8 Å². The minimum absolute atomic E-state index is 0.686. The molecular weight excluding hydrogens is 284 g/mol. The molecule has 1 aromatic heterocycles. The zero-order chi connectivity index (χ0) is 14.8. The third-order valence-corrected chi connectivity index (χ3v) is 4.09. The van der Waals surface area contributed by atoms with Crippen molar-refractivity contribution in [1.29, 1.82) is 0 Å². The molecule has 4 nitrogen and oxygen atoms in total. The van der Waals surface area contributed by atoms with Crippen molar-refractivity contribution in [3.8, 4) is 0 Å². The lowest BCUT2D eigenvalue weighted by atomic mass is 10.00. The van der Waals surface area contributed by atoms with Crippen LogP contribution >= 0.6 is 11.6 Å². The van der Waals surface area contributed by atoms with Crippen LogP contribution in [-0.4, -0.2) is 23.6 Å². The quantitative estimate of drug-likeness (QED) is 0.944. The highest BCUT2D eigenvalue weighted by atomic mass is 35.5. The predicted octanol–water partition coefficient (Wildman–Crippen LogP) is 3.30. The average molecular weight is 303 g/mol. The average Bonchev–Trinajstić information content (AvgIpc) is 2.53. The van der Waals surface area contributed by atoms with Crippen LogP contribution in [-0.2, 0) is 19.4 Å². The Morgan fingerprint density at radius 2 is 2.10 bits per heavy atom. The van der Waals surface area contributed by atoms with E-state index in [0.717, 1.165) is 42.5 Å². The molecule has 1 aliphatic heterocycles. The van der Waals surface area contributed by atoms with Gasteiger partial charge in [0.15, 0.2) is 0 Å². The molecule has 1 aliphatic rings. The summed E-state index contributed by atoms with van der Waals surface area (Å²) in [5.74, 6) is 1.68. The van der Waals surface area contributed by atoms with Crippen molar-refractivity contribution >= 4 is 23.4 Å². The third kappa shape index (κ3) is 2.95. The fourth-order valence-electron chi connectivity index (χ4n) is 2.66. The fraction of sp³-hybridized carbons (Fsp3) is 0.375. The Kier molecular flexibility index (Phi) is 3.97. The molecule has 0 bridgehead atoms. The largest absolute Gasteiger partial charge is 0.357 e. The number of aryl methyl sites for hydroxylation is 1. The lowest BCUT2D eigenvalue weighted by Gasteiger charge is -2.30. The molecule has 0 fully saturated rings. The van der Waals surface area contributed by atoms with Gasteiger partial charge in [-0.25, -0.2) is 4.98 Å². The van der Waals surface area contributed by atoms with Gasteiger partial charge in [0.2, 0.25) is 5.95 Å². The second-order valence-electron chi connectivity index (χ2n) is 5.23. The highest BCUT2D eigenvalue weighted by molar-refractivity contribution is 6.30. The van der Waals surface area contributed by atoms with E-state index >= 15 is 0 Å². The maximum atomic E-state index is 6.07. The van der Waals surface area contributed by atoms with Crippen LogP contribution in [0.2, 0.25) is 5.02 Å². The van der Waals surface area contributed by atoms with Gasteiger partial charge >= 0.3 is 0 Å². The van der Waals surface area contributed by atoms with Gasteiger partial charge in [0.05, 0.1) is 0 Å². The molecule has 0 spiro atoms. The normalized spacial score (nSPS) is 14.0. The van der Waals surface area contributed by atoms with Gasteiger partial charge in [-0.05, 0) is 36.1 Å². The van der Waals surface area contributed by atoms with Gasteiger partial charge in [0.1, 0.15) is 5.82 Å². The first-order valence-electron chi connectivity index (χ1n) is 7.27. The summed E-state index contributed by atoms with van der Waals surface area (Å²) < 4.78 is 0. The molecule has 0 saturated carbocycles. The highest BCUT2D eigenvalue weighted by Gasteiger charge is 2.18.